The molecule has 130 valence electrons. The summed E-state index contributed by atoms with van der Waals surface area (Å²) in [4.78, 5) is 0.595. The van der Waals surface area contributed by atoms with Crippen molar-refractivity contribution in [3.63, 3.8) is 0 Å². The van der Waals surface area contributed by atoms with E-state index in [0.717, 1.165) is 29.7 Å². The highest BCUT2D eigenvalue weighted by Crippen LogP contribution is 2.39. The first kappa shape index (κ1) is 17.1. The van der Waals surface area contributed by atoms with E-state index >= 15 is 0 Å². The standard InChI is InChI=1S/C19H26N2O2S/c1-13-9-11-17(12-10-13)24(22,23)18-14(2)15(3)21(19(18)20)16-7-5-4-6-8-16/h9-12,16H,4-8,20H2,1-3H3. The van der Waals surface area contributed by atoms with E-state index in [1.54, 1.807) is 12.1 Å². The van der Waals surface area contributed by atoms with Gasteiger partial charge in [0.2, 0.25) is 9.84 Å². The predicted molar refractivity (Wildman–Crippen MR) is 97.1 cm³/mol. The van der Waals surface area contributed by atoms with Gasteiger partial charge < -0.3 is 10.3 Å². The van der Waals surface area contributed by atoms with Crippen molar-refractivity contribution in [3.05, 3.63) is 41.1 Å². The highest BCUT2D eigenvalue weighted by Gasteiger charge is 2.30. The van der Waals surface area contributed by atoms with E-state index in [1.165, 1.54) is 19.3 Å². The van der Waals surface area contributed by atoms with E-state index in [9.17, 15) is 8.42 Å². The Kier molecular flexibility index (Phi) is 4.47. The normalized spacial score (nSPS) is 16.5. The van der Waals surface area contributed by atoms with Gasteiger partial charge in [0.25, 0.3) is 0 Å². The van der Waals surface area contributed by atoms with Gasteiger partial charge in [-0.2, -0.15) is 0 Å². The average molecular weight is 346 g/mol. The van der Waals surface area contributed by atoms with Crippen LogP contribution in [0.25, 0.3) is 0 Å². The summed E-state index contributed by atoms with van der Waals surface area (Å²) in [5, 5.41) is 0. The summed E-state index contributed by atoms with van der Waals surface area (Å²) in [6.45, 7) is 5.79. The second-order valence-electron chi connectivity index (χ2n) is 6.90. The van der Waals surface area contributed by atoms with Crippen molar-refractivity contribution in [2.45, 2.75) is 68.7 Å². The zero-order valence-electron chi connectivity index (χ0n) is 14.7. The maximum absolute atomic E-state index is 13.1. The second-order valence-corrected chi connectivity index (χ2v) is 8.79. The van der Waals surface area contributed by atoms with Crippen molar-refractivity contribution < 1.29 is 8.42 Å². The minimum Gasteiger partial charge on any atom is -0.384 e. The summed E-state index contributed by atoms with van der Waals surface area (Å²) in [7, 11) is -3.60. The quantitative estimate of drug-likeness (QED) is 0.899. The largest absolute Gasteiger partial charge is 0.384 e. The second kappa shape index (κ2) is 6.28. The first-order valence-corrected chi connectivity index (χ1v) is 10.1. The number of nitrogens with zero attached hydrogens (tertiary/aromatic N) is 1. The molecule has 0 spiro atoms. The number of hydrogen-bond acceptors (Lipinski definition) is 3. The van der Waals surface area contributed by atoms with Crippen molar-refractivity contribution in [1.29, 1.82) is 0 Å². The fourth-order valence-corrected chi connectivity index (χ4v) is 5.47. The first-order valence-electron chi connectivity index (χ1n) is 8.62. The van der Waals surface area contributed by atoms with E-state index in [2.05, 4.69) is 4.57 Å². The third kappa shape index (κ3) is 2.75. The van der Waals surface area contributed by atoms with Crippen LogP contribution in [0.4, 0.5) is 5.82 Å². The molecule has 0 bridgehead atoms. The van der Waals surface area contributed by atoms with E-state index in [-0.39, 0.29) is 4.90 Å². The SMILES string of the molecule is Cc1ccc(S(=O)(=O)c2c(C)c(C)n(C3CCCCC3)c2N)cc1. The number of nitrogen functional groups attached to an aromatic ring is 1. The van der Waals surface area contributed by atoms with Crippen LogP contribution < -0.4 is 5.73 Å². The highest BCUT2D eigenvalue weighted by molar-refractivity contribution is 7.91. The molecule has 0 aliphatic heterocycles. The van der Waals surface area contributed by atoms with Crippen LogP contribution in [0.15, 0.2) is 34.1 Å². The summed E-state index contributed by atoms with van der Waals surface area (Å²) >= 11 is 0. The Morgan fingerprint density at radius 1 is 1.00 bits per heavy atom. The molecule has 0 atom stereocenters. The van der Waals surface area contributed by atoms with E-state index in [4.69, 9.17) is 5.73 Å². The lowest BCUT2D eigenvalue weighted by Gasteiger charge is -2.26. The molecular weight excluding hydrogens is 320 g/mol. The molecule has 4 nitrogen and oxygen atoms in total. The summed E-state index contributed by atoms with van der Waals surface area (Å²) in [6, 6.07) is 7.29. The minimum atomic E-state index is -3.60. The van der Waals surface area contributed by atoms with Crippen LogP contribution in [0, 0.1) is 20.8 Å². The lowest BCUT2D eigenvalue weighted by Crippen LogP contribution is -2.16. The fourth-order valence-electron chi connectivity index (χ4n) is 3.81. The maximum Gasteiger partial charge on any atom is 0.210 e. The Hall–Kier alpha value is -1.75. The van der Waals surface area contributed by atoms with Crippen molar-refractivity contribution >= 4 is 15.7 Å². The number of nitrogens with two attached hydrogens (primary N) is 1. The van der Waals surface area contributed by atoms with Gasteiger partial charge in [-0.15, -0.1) is 0 Å². The molecular formula is C19H26N2O2S. The third-order valence-electron chi connectivity index (χ3n) is 5.28. The van der Waals surface area contributed by atoms with Gasteiger partial charge in [-0.05, 0) is 51.3 Å². The number of aryl methyl sites for hydroxylation is 1. The fraction of sp³-hybridized carbons (Fsp3) is 0.474. The molecule has 2 aromatic rings. The molecule has 1 aliphatic rings. The van der Waals surface area contributed by atoms with Gasteiger partial charge in [-0.1, -0.05) is 37.0 Å². The smallest absolute Gasteiger partial charge is 0.210 e. The topological polar surface area (TPSA) is 65.1 Å². The van der Waals surface area contributed by atoms with E-state index in [0.29, 0.717) is 16.8 Å². The Labute approximate surface area is 144 Å². The zero-order chi connectivity index (χ0) is 17.5. The number of hydrogen-bond donors (Lipinski definition) is 1. The molecule has 0 amide bonds. The van der Waals surface area contributed by atoms with Crippen LogP contribution in [-0.4, -0.2) is 13.0 Å². The van der Waals surface area contributed by atoms with Crippen LogP contribution >= 0.6 is 0 Å². The van der Waals surface area contributed by atoms with Crippen molar-refractivity contribution in [3.8, 4) is 0 Å². The van der Waals surface area contributed by atoms with Crippen molar-refractivity contribution in [2.24, 2.45) is 0 Å². The Morgan fingerprint density at radius 2 is 1.58 bits per heavy atom. The molecule has 2 N–H and O–H groups in total. The van der Waals surface area contributed by atoms with E-state index in [1.807, 2.05) is 32.9 Å². The van der Waals surface area contributed by atoms with Gasteiger partial charge in [0.1, 0.15) is 10.7 Å². The lowest BCUT2D eigenvalue weighted by molar-refractivity contribution is 0.352. The first-order chi connectivity index (χ1) is 11.3. The van der Waals surface area contributed by atoms with Crippen molar-refractivity contribution in [1.82, 2.24) is 4.57 Å². The Morgan fingerprint density at radius 3 is 2.17 bits per heavy atom. The molecule has 24 heavy (non-hydrogen) atoms. The number of aromatic nitrogens is 1. The summed E-state index contributed by atoms with van der Waals surface area (Å²) in [5.41, 5.74) is 9.16. The zero-order valence-corrected chi connectivity index (χ0v) is 15.5. The van der Waals surface area contributed by atoms with Crippen LogP contribution in [0.3, 0.4) is 0 Å². The molecule has 0 radical (unpaired) electrons. The summed E-state index contributed by atoms with van der Waals surface area (Å²) in [6.07, 6.45) is 5.76. The molecule has 1 heterocycles. The Balaban J connectivity index is 2.13. The minimum absolute atomic E-state index is 0.287. The van der Waals surface area contributed by atoms with Crippen LogP contribution in [0.5, 0.6) is 0 Å². The molecule has 0 unspecified atom stereocenters. The number of sulfone groups is 1. The molecule has 1 aliphatic carbocycles. The molecule has 3 rings (SSSR count). The Bertz CT molecular complexity index is 842. The number of benzene rings is 1. The molecule has 1 fully saturated rings. The monoisotopic (exact) mass is 346 g/mol. The van der Waals surface area contributed by atoms with Crippen LogP contribution in [-0.2, 0) is 9.84 Å². The molecule has 1 aromatic carbocycles. The highest BCUT2D eigenvalue weighted by atomic mass is 32.2. The van der Waals surface area contributed by atoms with Gasteiger partial charge in [0.15, 0.2) is 0 Å². The molecule has 1 saturated carbocycles. The molecule has 0 saturated heterocycles. The van der Waals surface area contributed by atoms with Gasteiger partial charge in [0, 0.05) is 11.7 Å². The van der Waals surface area contributed by atoms with Gasteiger partial charge >= 0.3 is 0 Å². The van der Waals surface area contributed by atoms with Crippen LogP contribution in [0.1, 0.15) is 55.0 Å². The van der Waals surface area contributed by atoms with Crippen molar-refractivity contribution in [2.75, 3.05) is 5.73 Å². The third-order valence-corrected chi connectivity index (χ3v) is 7.22. The van der Waals surface area contributed by atoms with Gasteiger partial charge in [-0.25, -0.2) is 8.42 Å². The average Bonchev–Trinajstić information content (AvgIpc) is 2.78. The number of anilines is 1. The number of rotatable bonds is 3. The predicted octanol–water partition coefficient (Wildman–Crippen LogP) is 4.33. The molecule has 1 aromatic heterocycles. The van der Waals surface area contributed by atoms with E-state index < -0.39 is 9.84 Å². The van der Waals surface area contributed by atoms with Gasteiger partial charge in [-0.3, -0.25) is 0 Å². The lowest BCUT2D eigenvalue weighted by atomic mass is 9.95. The summed E-state index contributed by atoms with van der Waals surface area (Å²) < 4.78 is 28.3. The molecule has 5 heteroatoms. The van der Waals surface area contributed by atoms with Crippen LogP contribution in [0.2, 0.25) is 0 Å². The van der Waals surface area contributed by atoms with Gasteiger partial charge in [0.05, 0.1) is 4.90 Å². The summed E-state index contributed by atoms with van der Waals surface area (Å²) in [5.74, 6) is 0.400. The maximum atomic E-state index is 13.1.